The summed E-state index contributed by atoms with van der Waals surface area (Å²) in [6.07, 6.45) is 2.39. The van der Waals surface area contributed by atoms with Crippen molar-refractivity contribution in [2.24, 2.45) is 17.8 Å². The van der Waals surface area contributed by atoms with Crippen LogP contribution in [0, 0.1) is 17.8 Å². The standard InChI is InChI=1S/C26H28N2O5/c29-24(27-13-15-12-21(15)25(30)31)20-10-5-11-23(20)28-26(32)33-14-22-18-8-3-1-6-16(18)17-7-2-4-9-19(17)22/h1-4,6-9,15,20-23H,5,10-14H2,(H,27,29)(H,28,32)(H,30,31)/t15-,20?,21-,23?/m1/s1. The van der Waals surface area contributed by atoms with Crippen molar-refractivity contribution < 1.29 is 24.2 Å². The van der Waals surface area contributed by atoms with E-state index < -0.39 is 12.1 Å². The Morgan fingerprint density at radius 3 is 2.24 bits per heavy atom. The van der Waals surface area contributed by atoms with Gasteiger partial charge in [-0.2, -0.15) is 0 Å². The maximum Gasteiger partial charge on any atom is 0.407 e. The van der Waals surface area contributed by atoms with Crippen LogP contribution in [0.4, 0.5) is 4.79 Å². The third-order valence-electron chi connectivity index (χ3n) is 7.28. The van der Waals surface area contributed by atoms with Crippen molar-refractivity contribution in [3.63, 3.8) is 0 Å². The number of ether oxygens (including phenoxy) is 1. The predicted molar refractivity (Wildman–Crippen MR) is 122 cm³/mol. The number of alkyl carbamates (subject to hydrolysis) is 1. The van der Waals surface area contributed by atoms with E-state index in [0.717, 1.165) is 24.0 Å². The number of rotatable bonds is 7. The summed E-state index contributed by atoms with van der Waals surface area (Å²) in [4.78, 5) is 36.2. The summed E-state index contributed by atoms with van der Waals surface area (Å²) in [6, 6.07) is 16.1. The molecule has 2 saturated carbocycles. The van der Waals surface area contributed by atoms with Crippen LogP contribution in [0.3, 0.4) is 0 Å². The second-order valence-electron chi connectivity index (χ2n) is 9.30. The summed E-state index contributed by atoms with van der Waals surface area (Å²) < 4.78 is 5.63. The van der Waals surface area contributed by atoms with Crippen LogP contribution >= 0.6 is 0 Å². The highest BCUT2D eigenvalue weighted by atomic mass is 16.5. The Hall–Kier alpha value is -3.35. The van der Waals surface area contributed by atoms with E-state index in [0.29, 0.717) is 19.4 Å². The quantitative estimate of drug-likeness (QED) is 0.601. The lowest BCUT2D eigenvalue weighted by atomic mass is 9.98. The highest BCUT2D eigenvalue weighted by Crippen LogP contribution is 2.44. The molecule has 7 nitrogen and oxygen atoms in total. The van der Waals surface area contributed by atoms with Crippen molar-refractivity contribution in [3.05, 3.63) is 59.7 Å². The molecular weight excluding hydrogens is 420 g/mol. The Labute approximate surface area is 192 Å². The molecule has 2 aromatic carbocycles. The summed E-state index contributed by atoms with van der Waals surface area (Å²) in [6.45, 7) is 0.617. The number of carbonyl (C=O) groups is 3. The van der Waals surface area contributed by atoms with E-state index in [4.69, 9.17) is 9.84 Å². The molecule has 2 fully saturated rings. The Morgan fingerprint density at radius 2 is 1.61 bits per heavy atom. The monoisotopic (exact) mass is 448 g/mol. The molecule has 33 heavy (non-hydrogen) atoms. The van der Waals surface area contributed by atoms with E-state index in [9.17, 15) is 14.4 Å². The Bertz CT molecular complexity index is 1040. The molecule has 4 atom stereocenters. The normalized spacial score (nSPS) is 25.1. The van der Waals surface area contributed by atoms with Gasteiger partial charge >= 0.3 is 12.1 Å². The third kappa shape index (κ3) is 4.32. The van der Waals surface area contributed by atoms with Crippen LogP contribution in [0.15, 0.2) is 48.5 Å². The van der Waals surface area contributed by atoms with Gasteiger partial charge in [0.05, 0.1) is 11.8 Å². The topological polar surface area (TPSA) is 105 Å². The van der Waals surface area contributed by atoms with Gasteiger partial charge in [0.1, 0.15) is 6.61 Å². The number of hydrogen-bond acceptors (Lipinski definition) is 4. The first-order valence-electron chi connectivity index (χ1n) is 11.6. The predicted octanol–water partition coefficient (Wildman–Crippen LogP) is 3.53. The van der Waals surface area contributed by atoms with Crippen molar-refractivity contribution >= 4 is 18.0 Å². The number of hydrogen-bond donors (Lipinski definition) is 3. The molecule has 0 saturated heterocycles. The van der Waals surface area contributed by atoms with Gasteiger partial charge in [0.2, 0.25) is 5.91 Å². The molecule has 0 heterocycles. The van der Waals surface area contributed by atoms with Gasteiger partial charge in [-0.1, -0.05) is 55.0 Å². The average Bonchev–Trinajstić information content (AvgIpc) is 3.35. The zero-order valence-corrected chi connectivity index (χ0v) is 18.3. The summed E-state index contributed by atoms with van der Waals surface area (Å²) in [7, 11) is 0. The first-order chi connectivity index (χ1) is 16.0. The minimum Gasteiger partial charge on any atom is -0.481 e. The highest BCUT2D eigenvalue weighted by molar-refractivity contribution is 5.81. The van der Waals surface area contributed by atoms with E-state index in [1.54, 1.807) is 0 Å². The fourth-order valence-corrected chi connectivity index (χ4v) is 5.38. The molecule has 0 spiro atoms. The molecule has 3 aliphatic carbocycles. The van der Waals surface area contributed by atoms with Gasteiger partial charge in [-0.3, -0.25) is 9.59 Å². The number of carboxylic acids is 1. The second-order valence-corrected chi connectivity index (χ2v) is 9.30. The van der Waals surface area contributed by atoms with Gasteiger partial charge in [-0.15, -0.1) is 0 Å². The van der Waals surface area contributed by atoms with Crippen LogP contribution < -0.4 is 10.6 Å². The molecule has 3 aliphatic rings. The highest BCUT2D eigenvalue weighted by Gasteiger charge is 2.44. The number of carbonyl (C=O) groups excluding carboxylic acids is 2. The Kier molecular flexibility index (Phi) is 5.79. The van der Waals surface area contributed by atoms with Crippen LogP contribution in [-0.2, 0) is 14.3 Å². The van der Waals surface area contributed by atoms with Crippen molar-refractivity contribution in [2.75, 3.05) is 13.2 Å². The second kappa shape index (κ2) is 8.89. The average molecular weight is 449 g/mol. The van der Waals surface area contributed by atoms with Crippen molar-refractivity contribution in [1.82, 2.24) is 10.6 Å². The minimum absolute atomic E-state index is 0.00783. The first-order valence-corrected chi connectivity index (χ1v) is 11.6. The van der Waals surface area contributed by atoms with Gasteiger partial charge < -0.3 is 20.5 Å². The van der Waals surface area contributed by atoms with Crippen molar-refractivity contribution in [2.45, 2.75) is 37.6 Å². The molecule has 172 valence electrons. The van der Waals surface area contributed by atoms with Gasteiger partial charge in [-0.05, 0) is 47.4 Å². The van der Waals surface area contributed by atoms with Crippen LogP contribution in [0.1, 0.15) is 42.7 Å². The number of aliphatic carboxylic acids is 1. The molecule has 0 aromatic heterocycles. The first kappa shape index (κ1) is 21.5. The summed E-state index contributed by atoms with van der Waals surface area (Å²) in [5.41, 5.74) is 4.67. The molecule has 0 aliphatic heterocycles. The lowest BCUT2D eigenvalue weighted by Gasteiger charge is -2.21. The molecule has 2 amide bonds. The van der Waals surface area contributed by atoms with E-state index in [-0.39, 0.29) is 42.2 Å². The number of amides is 2. The van der Waals surface area contributed by atoms with Gasteiger partial charge in [0, 0.05) is 18.5 Å². The SMILES string of the molecule is O=C(NC1CCCC1C(=O)NC[C@H]1C[C@H]1C(=O)O)OCC1c2ccccc2-c2ccccc21. The summed E-state index contributed by atoms with van der Waals surface area (Å²) in [5, 5.41) is 14.8. The fraction of sp³-hybridized carbons (Fsp3) is 0.423. The number of fused-ring (bicyclic) bond motifs is 3. The zero-order chi connectivity index (χ0) is 22.9. The molecule has 0 bridgehead atoms. The zero-order valence-electron chi connectivity index (χ0n) is 18.3. The Morgan fingerprint density at radius 1 is 0.939 bits per heavy atom. The van der Waals surface area contributed by atoms with E-state index in [2.05, 4.69) is 34.9 Å². The summed E-state index contributed by atoms with van der Waals surface area (Å²) >= 11 is 0. The van der Waals surface area contributed by atoms with Crippen LogP contribution in [0.2, 0.25) is 0 Å². The molecule has 2 unspecified atom stereocenters. The number of nitrogens with one attached hydrogen (secondary N) is 2. The lowest BCUT2D eigenvalue weighted by Crippen LogP contribution is -2.44. The number of carboxylic acid groups (broad SMARTS) is 1. The van der Waals surface area contributed by atoms with E-state index in [1.807, 2.05) is 24.3 Å². The van der Waals surface area contributed by atoms with E-state index >= 15 is 0 Å². The maximum atomic E-state index is 12.6. The van der Waals surface area contributed by atoms with Crippen LogP contribution in [0.5, 0.6) is 0 Å². The number of benzene rings is 2. The van der Waals surface area contributed by atoms with Gasteiger partial charge in [0.25, 0.3) is 0 Å². The van der Waals surface area contributed by atoms with Crippen molar-refractivity contribution in [1.29, 1.82) is 0 Å². The lowest BCUT2D eigenvalue weighted by molar-refractivity contribution is -0.139. The molecule has 5 rings (SSSR count). The van der Waals surface area contributed by atoms with E-state index in [1.165, 1.54) is 11.1 Å². The third-order valence-corrected chi connectivity index (χ3v) is 7.28. The smallest absolute Gasteiger partial charge is 0.407 e. The van der Waals surface area contributed by atoms with Gasteiger partial charge in [0.15, 0.2) is 0 Å². The fourth-order valence-electron chi connectivity index (χ4n) is 5.38. The summed E-state index contributed by atoms with van der Waals surface area (Å²) in [5.74, 6) is -1.57. The molecule has 0 radical (unpaired) electrons. The maximum absolute atomic E-state index is 12.6. The molecule has 2 aromatic rings. The molecular formula is C26H28N2O5. The van der Waals surface area contributed by atoms with Crippen LogP contribution in [0.25, 0.3) is 11.1 Å². The minimum atomic E-state index is -0.801. The van der Waals surface area contributed by atoms with Crippen molar-refractivity contribution in [3.8, 4) is 11.1 Å². The van der Waals surface area contributed by atoms with Gasteiger partial charge in [-0.25, -0.2) is 4.79 Å². The largest absolute Gasteiger partial charge is 0.481 e. The van der Waals surface area contributed by atoms with Crippen LogP contribution in [-0.4, -0.2) is 42.3 Å². The Balaban J connectivity index is 1.15. The molecule has 3 N–H and O–H groups in total. The molecule has 7 heteroatoms.